The van der Waals surface area contributed by atoms with Crippen LogP contribution in [0.3, 0.4) is 0 Å². The third-order valence-electron chi connectivity index (χ3n) is 4.09. The SMILES string of the molecule is CC1CCN(c2cnnc(N(C)c3ccccc3)n2)CC1. The molecule has 1 aliphatic rings. The normalized spacial score (nSPS) is 16.0. The molecule has 0 saturated carbocycles. The van der Waals surface area contributed by atoms with E-state index in [0.717, 1.165) is 30.5 Å². The number of piperidine rings is 1. The van der Waals surface area contributed by atoms with Crippen molar-refractivity contribution in [3.8, 4) is 0 Å². The average molecular weight is 283 g/mol. The molecule has 0 atom stereocenters. The minimum Gasteiger partial charge on any atom is -0.355 e. The summed E-state index contributed by atoms with van der Waals surface area (Å²) >= 11 is 0. The van der Waals surface area contributed by atoms with E-state index in [1.807, 2.05) is 42.3 Å². The summed E-state index contributed by atoms with van der Waals surface area (Å²) in [6, 6.07) is 10.1. The lowest BCUT2D eigenvalue weighted by atomic mass is 9.99. The van der Waals surface area contributed by atoms with Crippen molar-refractivity contribution in [2.75, 3.05) is 29.9 Å². The van der Waals surface area contributed by atoms with Crippen molar-refractivity contribution < 1.29 is 0 Å². The molecule has 0 amide bonds. The Morgan fingerprint density at radius 1 is 1.14 bits per heavy atom. The number of hydrogen-bond acceptors (Lipinski definition) is 5. The van der Waals surface area contributed by atoms with Gasteiger partial charge in [-0.25, -0.2) is 0 Å². The molecule has 1 aliphatic heterocycles. The average Bonchev–Trinajstić information content (AvgIpc) is 2.56. The number of benzene rings is 1. The van der Waals surface area contributed by atoms with Crippen LogP contribution in [0, 0.1) is 5.92 Å². The molecule has 0 spiro atoms. The van der Waals surface area contributed by atoms with Gasteiger partial charge in [-0.1, -0.05) is 25.1 Å². The largest absolute Gasteiger partial charge is 0.355 e. The van der Waals surface area contributed by atoms with Crippen LogP contribution in [0.15, 0.2) is 36.5 Å². The molecular formula is C16H21N5. The van der Waals surface area contributed by atoms with Crippen molar-refractivity contribution >= 4 is 17.5 Å². The Morgan fingerprint density at radius 3 is 2.57 bits per heavy atom. The van der Waals surface area contributed by atoms with E-state index in [0.29, 0.717) is 5.95 Å². The van der Waals surface area contributed by atoms with Crippen LogP contribution in [-0.2, 0) is 0 Å². The van der Waals surface area contributed by atoms with Gasteiger partial charge in [0.15, 0.2) is 5.82 Å². The number of aromatic nitrogens is 3. The van der Waals surface area contributed by atoms with Crippen molar-refractivity contribution in [1.29, 1.82) is 0 Å². The zero-order valence-corrected chi connectivity index (χ0v) is 12.6. The second-order valence-corrected chi connectivity index (χ2v) is 5.68. The molecule has 0 aliphatic carbocycles. The first-order valence-electron chi connectivity index (χ1n) is 7.47. The smallest absolute Gasteiger partial charge is 0.251 e. The van der Waals surface area contributed by atoms with Crippen LogP contribution in [0.2, 0.25) is 0 Å². The third-order valence-corrected chi connectivity index (χ3v) is 4.09. The number of para-hydroxylation sites is 1. The Kier molecular flexibility index (Phi) is 3.99. The molecule has 5 nitrogen and oxygen atoms in total. The Bertz CT molecular complexity index is 578. The fraction of sp³-hybridized carbons (Fsp3) is 0.438. The maximum atomic E-state index is 4.68. The first-order chi connectivity index (χ1) is 10.2. The van der Waals surface area contributed by atoms with E-state index in [9.17, 15) is 0 Å². The topological polar surface area (TPSA) is 45.2 Å². The number of anilines is 3. The van der Waals surface area contributed by atoms with E-state index in [1.54, 1.807) is 6.20 Å². The Hall–Kier alpha value is -2.17. The van der Waals surface area contributed by atoms with Crippen LogP contribution in [0.25, 0.3) is 0 Å². The maximum absolute atomic E-state index is 4.68. The number of hydrogen-bond donors (Lipinski definition) is 0. The van der Waals surface area contributed by atoms with Crippen molar-refractivity contribution in [1.82, 2.24) is 15.2 Å². The van der Waals surface area contributed by atoms with Crippen molar-refractivity contribution in [2.24, 2.45) is 5.92 Å². The van der Waals surface area contributed by atoms with Crippen LogP contribution in [0.1, 0.15) is 19.8 Å². The first-order valence-corrected chi connectivity index (χ1v) is 7.47. The molecule has 0 unspecified atom stereocenters. The van der Waals surface area contributed by atoms with Crippen molar-refractivity contribution in [3.05, 3.63) is 36.5 Å². The standard InChI is InChI=1S/C16H21N5/c1-13-8-10-21(11-9-13)15-12-17-19-16(18-15)20(2)14-6-4-3-5-7-14/h3-7,12-13H,8-11H2,1-2H3. The van der Waals surface area contributed by atoms with E-state index in [-0.39, 0.29) is 0 Å². The van der Waals surface area contributed by atoms with E-state index in [2.05, 4.69) is 27.0 Å². The summed E-state index contributed by atoms with van der Waals surface area (Å²) < 4.78 is 0. The molecule has 5 heteroatoms. The predicted molar refractivity (Wildman–Crippen MR) is 84.9 cm³/mol. The minimum absolute atomic E-state index is 0.636. The zero-order chi connectivity index (χ0) is 14.7. The van der Waals surface area contributed by atoms with Gasteiger partial charge in [-0.3, -0.25) is 0 Å². The van der Waals surface area contributed by atoms with Crippen LogP contribution in [0.4, 0.5) is 17.5 Å². The molecule has 2 heterocycles. The van der Waals surface area contributed by atoms with Gasteiger partial charge in [0.05, 0.1) is 6.20 Å². The molecule has 1 saturated heterocycles. The molecule has 0 radical (unpaired) electrons. The quantitative estimate of drug-likeness (QED) is 0.866. The first kappa shape index (κ1) is 13.8. The summed E-state index contributed by atoms with van der Waals surface area (Å²) in [6.45, 7) is 4.41. The molecule has 0 N–H and O–H groups in total. The highest BCUT2D eigenvalue weighted by Gasteiger charge is 2.18. The Labute approximate surface area is 125 Å². The predicted octanol–water partition coefficient (Wildman–Crippen LogP) is 2.88. The summed E-state index contributed by atoms with van der Waals surface area (Å²) in [5.41, 5.74) is 1.06. The molecule has 1 fully saturated rings. The third kappa shape index (κ3) is 3.12. The van der Waals surface area contributed by atoms with Gasteiger partial charge in [-0.05, 0) is 30.9 Å². The van der Waals surface area contributed by atoms with E-state index >= 15 is 0 Å². The molecule has 0 bridgehead atoms. The van der Waals surface area contributed by atoms with Gasteiger partial charge >= 0.3 is 0 Å². The Morgan fingerprint density at radius 2 is 1.86 bits per heavy atom. The van der Waals surface area contributed by atoms with Crippen molar-refractivity contribution in [2.45, 2.75) is 19.8 Å². The van der Waals surface area contributed by atoms with Gasteiger partial charge in [0.2, 0.25) is 0 Å². The summed E-state index contributed by atoms with van der Waals surface area (Å²) in [6.07, 6.45) is 4.19. The van der Waals surface area contributed by atoms with Gasteiger partial charge < -0.3 is 9.80 Å². The molecule has 110 valence electrons. The molecule has 2 aromatic rings. The molecule has 1 aromatic carbocycles. The van der Waals surface area contributed by atoms with Gasteiger partial charge in [0.25, 0.3) is 5.95 Å². The lowest BCUT2D eigenvalue weighted by Crippen LogP contribution is -2.33. The highest BCUT2D eigenvalue weighted by atomic mass is 15.3. The second kappa shape index (κ2) is 6.08. The van der Waals surface area contributed by atoms with Crippen LogP contribution in [-0.4, -0.2) is 35.3 Å². The maximum Gasteiger partial charge on any atom is 0.251 e. The van der Waals surface area contributed by atoms with Gasteiger partial charge in [-0.15, -0.1) is 5.10 Å². The van der Waals surface area contributed by atoms with Gasteiger partial charge in [0, 0.05) is 25.8 Å². The van der Waals surface area contributed by atoms with Crippen LogP contribution < -0.4 is 9.80 Å². The monoisotopic (exact) mass is 283 g/mol. The van der Waals surface area contributed by atoms with Crippen LogP contribution in [0.5, 0.6) is 0 Å². The zero-order valence-electron chi connectivity index (χ0n) is 12.6. The summed E-state index contributed by atoms with van der Waals surface area (Å²) in [5.74, 6) is 2.37. The minimum atomic E-state index is 0.636. The fourth-order valence-electron chi connectivity index (χ4n) is 2.59. The molecule has 3 rings (SSSR count). The molecular weight excluding hydrogens is 262 g/mol. The highest BCUT2D eigenvalue weighted by Crippen LogP contribution is 2.24. The number of nitrogens with zero attached hydrogens (tertiary/aromatic N) is 5. The van der Waals surface area contributed by atoms with Gasteiger partial charge in [-0.2, -0.15) is 10.1 Å². The fourth-order valence-corrected chi connectivity index (χ4v) is 2.59. The molecule has 21 heavy (non-hydrogen) atoms. The lowest BCUT2D eigenvalue weighted by Gasteiger charge is -2.31. The van der Waals surface area contributed by atoms with E-state index in [4.69, 9.17) is 0 Å². The Balaban J connectivity index is 1.80. The van der Waals surface area contributed by atoms with Crippen molar-refractivity contribution in [3.63, 3.8) is 0 Å². The number of rotatable bonds is 3. The second-order valence-electron chi connectivity index (χ2n) is 5.68. The highest BCUT2D eigenvalue weighted by molar-refractivity contribution is 5.56. The summed E-state index contributed by atoms with van der Waals surface area (Å²) in [5, 5.41) is 8.29. The lowest BCUT2D eigenvalue weighted by molar-refractivity contribution is 0.436. The summed E-state index contributed by atoms with van der Waals surface area (Å²) in [7, 11) is 1.97. The summed E-state index contributed by atoms with van der Waals surface area (Å²) in [4.78, 5) is 8.94. The molecule has 1 aromatic heterocycles. The van der Waals surface area contributed by atoms with Gasteiger partial charge in [0.1, 0.15) is 0 Å². The van der Waals surface area contributed by atoms with Crippen LogP contribution >= 0.6 is 0 Å². The van der Waals surface area contributed by atoms with E-state index in [1.165, 1.54) is 12.8 Å². The van der Waals surface area contributed by atoms with E-state index < -0.39 is 0 Å².